The lowest BCUT2D eigenvalue weighted by Gasteiger charge is -2.11. The molecule has 0 bridgehead atoms. The Hall–Kier alpha value is -0.230. The molecule has 0 amide bonds. The zero-order chi connectivity index (χ0) is 14.1. The molecule has 0 fully saturated rings. The molecule has 0 aliphatic carbocycles. The molecule has 1 aromatic rings. The highest BCUT2D eigenvalue weighted by Crippen LogP contribution is 2.34. The minimum absolute atomic E-state index is 0. The van der Waals surface area contributed by atoms with Gasteiger partial charge in [-0.25, -0.2) is 0 Å². The number of hydrogen-bond donors (Lipinski definition) is 2. The van der Waals surface area contributed by atoms with Gasteiger partial charge in [-0.05, 0) is 24.6 Å². The summed E-state index contributed by atoms with van der Waals surface area (Å²) in [5.41, 5.74) is 0.987. The second-order valence-corrected chi connectivity index (χ2v) is 4.65. The lowest BCUT2D eigenvalue weighted by Crippen LogP contribution is -3.00. The molecule has 0 atom stereocenters. The number of halogens is 3. The highest BCUT2D eigenvalue weighted by Gasteiger charge is 2.08. The summed E-state index contributed by atoms with van der Waals surface area (Å²) >= 11 is 12.2. The van der Waals surface area contributed by atoms with E-state index in [2.05, 4.69) is 5.32 Å². The Morgan fingerprint density at radius 3 is 2.40 bits per heavy atom. The lowest BCUT2D eigenvalue weighted by atomic mass is 10.2. The number of aliphatic hydroxyl groups is 1. The molecule has 0 unspecified atom stereocenters. The number of nitrogens with one attached hydrogen (secondary N) is 1. The molecule has 0 aliphatic heterocycles. The van der Waals surface area contributed by atoms with Crippen LogP contribution in [0.4, 0.5) is 0 Å². The van der Waals surface area contributed by atoms with Crippen LogP contribution in [0.5, 0.6) is 5.75 Å². The van der Waals surface area contributed by atoms with Gasteiger partial charge in [0.1, 0.15) is 0 Å². The summed E-state index contributed by atoms with van der Waals surface area (Å²) in [7, 11) is 0. The highest BCUT2D eigenvalue weighted by atomic mass is 35.5. The van der Waals surface area contributed by atoms with E-state index in [1.54, 1.807) is 0 Å². The first kappa shape index (κ1) is 19.8. The topological polar surface area (TPSA) is 50.7 Å². The Labute approximate surface area is 135 Å². The summed E-state index contributed by atoms with van der Waals surface area (Å²) in [5.74, 6) is 0.529. The summed E-state index contributed by atoms with van der Waals surface area (Å²) in [6, 6.07) is 3.67. The first-order valence-electron chi connectivity index (χ1n) is 6.19. The Kier molecular flexibility index (Phi) is 11.3. The van der Waals surface area contributed by atoms with Gasteiger partial charge >= 0.3 is 0 Å². The van der Waals surface area contributed by atoms with Gasteiger partial charge in [0.15, 0.2) is 5.75 Å². The SMILES string of the molecule is CCOc1c(Cl)cc(CNCCOCCO)cc1Cl.[Cl-]. The van der Waals surface area contributed by atoms with Crippen LogP contribution in [0.1, 0.15) is 12.5 Å². The van der Waals surface area contributed by atoms with Crippen molar-refractivity contribution in [2.45, 2.75) is 13.5 Å². The molecule has 0 aromatic heterocycles. The minimum atomic E-state index is 0. The molecule has 7 heteroatoms. The van der Waals surface area contributed by atoms with Crippen molar-refractivity contribution in [3.05, 3.63) is 27.7 Å². The number of benzene rings is 1. The van der Waals surface area contributed by atoms with Crippen LogP contribution < -0.4 is 22.5 Å². The number of ether oxygens (including phenoxy) is 2. The fourth-order valence-electron chi connectivity index (χ4n) is 1.54. The Morgan fingerprint density at radius 2 is 1.85 bits per heavy atom. The van der Waals surface area contributed by atoms with E-state index < -0.39 is 0 Å². The van der Waals surface area contributed by atoms with E-state index in [4.69, 9.17) is 37.8 Å². The van der Waals surface area contributed by atoms with E-state index >= 15 is 0 Å². The van der Waals surface area contributed by atoms with E-state index in [1.165, 1.54) is 0 Å². The second-order valence-electron chi connectivity index (χ2n) is 3.83. The lowest BCUT2D eigenvalue weighted by molar-refractivity contribution is -0.00000549. The van der Waals surface area contributed by atoms with E-state index in [9.17, 15) is 0 Å². The summed E-state index contributed by atoms with van der Waals surface area (Å²) < 4.78 is 10.5. The van der Waals surface area contributed by atoms with E-state index in [0.29, 0.717) is 48.7 Å². The quantitative estimate of drug-likeness (QED) is 0.593. The standard InChI is InChI=1S/C13H19Cl2NO3.ClH/c1-2-19-13-11(14)7-10(8-12(13)15)9-16-3-5-18-6-4-17;/h7-8,16-17H,2-6,9H2,1H3;1H/p-1. The first-order chi connectivity index (χ1) is 9.19. The van der Waals surface area contributed by atoms with Gasteiger partial charge in [-0.3, -0.25) is 0 Å². The van der Waals surface area contributed by atoms with Gasteiger partial charge in [-0.1, -0.05) is 23.2 Å². The predicted octanol–water partition coefficient (Wildman–Crippen LogP) is -0.505. The largest absolute Gasteiger partial charge is 1.00 e. The van der Waals surface area contributed by atoms with Gasteiger partial charge in [0.25, 0.3) is 0 Å². The van der Waals surface area contributed by atoms with Gasteiger partial charge in [0.05, 0.1) is 36.5 Å². The first-order valence-corrected chi connectivity index (χ1v) is 6.94. The predicted molar refractivity (Wildman–Crippen MR) is 77.2 cm³/mol. The van der Waals surface area contributed by atoms with Crippen molar-refractivity contribution in [1.82, 2.24) is 5.32 Å². The maximum atomic E-state index is 8.54. The van der Waals surface area contributed by atoms with Crippen LogP contribution in [0.15, 0.2) is 12.1 Å². The molecule has 1 aromatic carbocycles. The van der Waals surface area contributed by atoms with Crippen molar-refractivity contribution in [2.75, 3.05) is 33.0 Å². The molecular weight excluding hydrogens is 325 g/mol. The smallest absolute Gasteiger partial charge is 0.156 e. The van der Waals surface area contributed by atoms with Crippen LogP contribution in [0.3, 0.4) is 0 Å². The Bertz CT molecular complexity index is 368. The number of hydrogen-bond acceptors (Lipinski definition) is 4. The average Bonchev–Trinajstić information content (AvgIpc) is 2.38. The second kappa shape index (κ2) is 11.4. The van der Waals surface area contributed by atoms with Crippen molar-refractivity contribution in [2.24, 2.45) is 0 Å². The fourth-order valence-corrected chi connectivity index (χ4v) is 2.18. The van der Waals surface area contributed by atoms with Gasteiger partial charge in [-0.2, -0.15) is 0 Å². The summed E-state index contributed by atoms with van der Waals surface area (Å²) in [6.45, 7) is 4.72. The average molecular weight is 344 g/mol. The monoisotopic (exact) mass is 342 g/mol. The molecule has 0 spiro atoms. The van der Waals surface area contributed by atoms with Gasteiger partial charge in [0, 0.05) is 13.1 Å². The Morgan fingerprint density at radius 1 is 1.20 bits per heavy atom. The van der Waals surface area contributed by atoms with Crippen molar-refractivity contribution in [3.8, 4) is 5.75 Å². The van der Waals surface area contributed by atoms with Crippen molar-refractivity contribution in [3.63, 3.8) is 0 Å². The summed E-state index contributed by atoms with van der Waals surface area (Å²) in [4.78, 5) is 0. The maximum Gasteiger partial charge on any atom is 0.156 e. The molecule has 116 valence electrons. The third kappa shape index (κ3) is 6.97. The summed E-state index contributed by atoms with van der Waals surface area (Å²) in [5, 5.41) is 12.8. The molecule has 20 heavy (non-hydrogen) atoms. The minimum Gasteiger partial charge on any atom is -1.00 e. The van der Waals surface area contributed by atoms with Crippen LogP contribution in [0.25, 0.3) is 0 Å². The van der Waals surface area contributed by atoms with E-state index in [-0.39, 0.29) is 19.0 Å². The third-order valence-electron chi connectivity index (χ3n) is 2.33. The number of aliphatic hydroxyl groups excluding tert-OH is 1. The van der Waals surface area contributed by atoms with E-state index in [1.807, 2.05) is 19.1 Å². The summed E-state index contributed by atoms with van der Waals surface area (Å²) in [6.07, 6.45) is 0. The molecule has 0 aliphatic rings. The zero-order valence-electron chi connectivity index (χ0n) is 11.3. The van der Waals surface area contributed by atoms with Crippen molar-refractivity contribution in [1.29, 1.82) is 0 Å². The molecule has 2 N–H and O–H groups in total. The van der Waals surface area contributed by atoms with Crippen LogP contribution in [0, 0.1) is 0 Å². The van der Waals surface area contributed by atoms with Crippen LogP contribution in [-0.4, -0.2) is 38.1 Å². The highest BCUT2D eigenvalue weighted by molar-refractivity contribution is 6.37. The zero-order valence-corrected chi connectivity index (χ0v) is 13.6. The molecule has 4 nitrogen and oxygen atoms in total. The third-order valence-corrected chi connectivity index (χ3v) is 2.90. The van der Waals surface area contributed by atoms with Crippen molar-refractivity contribution >= 4 is 23.2 Å². The number of rotatable bonds is 9. The fraction of sp³-hybridized carbons (Fsp3) is 0.538. The van der Waals surface area contributed by atoms with Crippen LogP contribution >= 0.6 is 23.2 Å². The molecule has 0 saturated heterocycles. The maximum absolute atomic E-state index is 8.54. The van der Waals surface area contributed by atoms with Gasteiger partial charge in [0.2, 0.25) is 0 Å². The Balaban J connectivity index is 0.00000361. The van der Waals surface area contributed by atoms with Gasteiger partial charge < -0.3 is 32.3 Å². The van der Waals surface area contributed by atoms with E-state index in [0.717, 1.165) is 5.56 Å². The van der Waals surface area contributed by atoms with Crippen molar-refractivity contribution < 1.29 is 27.0 Å². The normalized spacial score (nSPS) is 10.2. The molecule has 0 radical (unpaired) electrons. The van der Waals surface area contributed by atoms with Crippen LogP contribution in [0.2, 0.25) is 10.0 Å². The van der Waals surface area contributed by atoms with Crippen LogP contribution in [-0.2, 0) is 11.3 Å². The molecule has 0 saturated carbocycles. The molecule has 1 rings (SSSR count). The molecular formula is C13H19Cl3NO3-. The van der Waals surface area contributed by atoms with Gasteiger partial charge in [-0.15, -0.1) is 0 Å². The molecule has 0 heterocycles.